The molecule has 7 heteroatoms. The highest BCUT2D eigenvalue weighted by molar-refractivity contribution is 7.92. The van der Waals surface area contributed by atoms with E-state index in [-0.39, 0.29) is 10.6 Å². The second-order valence-corrected chi connectivity index (χ2v) is 7.43. The van der Waals surface area contributed by atoms with Gasteiger partial charge in [-0.2, -0.15) is 0 Å². The number of benzene rings is 2. The third kappa shape index (κ3) is 2.79. The van der Waals surface area contributed by atoms with Crippen LogP contribution in [0.15, 0.2) is 47.4 Å². The summed E-state index contributed by atoms with van der Waals surface area (Å²) in [6, 6.07) is 11.0. The first-order chi connectivity index (χ1) is 10.9. The molecule has 2 aromatic rings. The molecule has 0 bridgehead atoms. The summed E-state index contributed by atoms with van der Waals surface area (Å²) in [4.78, 5) is 10.7. The fourth-order valence-corrected chi connectivity index (χ4v) is 4.26. The molecule has 0 fully saturated rings. The minimum atomic E-state index is -3.72. The monoisotopic (exact) mass is 332 g/mol. The highest BCUT2D eigenvalue weighted by atomic mass is 32.2. The maximum Gasteiger partial charge on any atom is 0.271 e. The number of anilines is 1. The van der Waals surface area contributed by atoms with Gasteiger partial charge in [0.1, 0.15) is 0 Å². The van der Waals surface area contributed by atoms with Crippen molar-refractivity contribution in [1.29, 1.82) is 0 Å². The fraction of sp³-hybridized carbons (Fsp3) is 0.250. The SMILES string of the molecule is Cc1ccc(S(=O)(=O)N2CCCc3ccc([N+](=O)[O-])cc32)cc1. The average molecular weight is 332 g/mol. The van der Waals surface area contributed by atoms with Crippen LogP contribution >= 0.6 is 0 Å². The van der Waals surface area contributed by atoms with Crippen LogP contribution in [-0.4, -0.2) is 19.9 Å². The van der Waals surface area contributed by atoms with Crippen LogP contribution in [0, 0.1) is 17.0 Å². The highest BCUT2D eigenvalue weighted by Crippen LogP contribution is 2.34. The van der Waals surface area contributed by atoms with Crippen molar-refractivity contribution in [2.75, 3.05) is 10.8 Å². The van der Waals surface area contributed by atoms with E-state index in [1.54, 1.807) is 30.3 Å². The fourth-order valence-electron chi connectivity index (χ4n) is 2.73. The summed E-state index contributed by atoms with van der Waals surface area (Å²) in [5.74, 6) is 0. The van der Waals surface area contributed by atoms with Gasteiger partial charge in [0.2, 0.25) is 0 Å². The molecule has 0 radical (unpaired) electrons. The number of nitro groups is 1. The molecule has 1 heterocycles. The molecule has 1 aliphatic rings. The van der Waals surface area contributed by atoms with E-state index in [1.807, 2.05) is 6.92 Å². The molecule has 2 aromatic carbocycles. The summed E-state index contributed by atoms with van der Waals surface area (Å²) >= 11 is 0. The number of nitrogens with zero attached hydrogens (tertiary/aromatic N) is 2. The van der Waals surface area contributed by atoms with Crippen molar-refractivity contribution >= 4 is 21.4 Å². The molecular formula is C16H16N2O4S. The van der Waals surface area contributed by atoms with Crippen LogP contribution in [0.2, 0.25) is 0 Å². The summed E-state index contributed by atoms with van der Waals surface area (Å²) < 4.78 is 27.1. The van der Waals surface area contributed by atoms with Gasteiger partial charge in [-0.05, 0) is 37.5 Å². The smallest absolute Gasteiger partial charge is 0.266 e. The molecule has 0 amide bonds. The molecule has 0 atom stereocenters. The van der Waals surface area contributed by atoms with E-state index in [2.05, 4.69) is 0 Å². The molecular weight excluding hydrogens is 316 g/mol. The molecule has 3 rings (SSSR count). The molecule has 0 unspecified atom stereocenters. The Kier molecular flexibility index (Phi) is 3.81. The van der Waals surface area contributed by atoms with Crippen molar-refractivity contribution in [2.45, 2.75) is 24.7 Å². The lowest BCUT2D eigenvalue weighted by Crippen LogP contribution is -2.35. The number of sulfonamides is 1. The zero-order valence-corrected chi connectivity index (χ0v) is 13.4. The first kappa shape index (κ1) is 15.5. The molecule has 0 aliphatic carbocycles. The van der Waals surface area contributed by atoms with E-state index in [4.69, 9.17) is 0 Å². The van der Waals surface area contributed by atoms with Crippen molar-refractivity contribution in [3.63, 3.8) is 0 Å². The Hall–Kier alpha value is -2.41. The Morgan fingerprint density at radius 2 is 1.83 bits per heavy atom. The van der Waals surface area contributed by atoms with Gasteiger partial charge in [-0.1, -0.05) is 23.8 Å². The first-order valence-corrected chi connectivity index (χ1v) is 8.70. The minimum absolute atomic E-state index is 0.102. The Labute approximate surface area is 134 Å². The average Bonchev–Trinajstić information content (AvgIpc) is 2.54. The van der Waals surface area contributed by atoms with Crippen molar-refractivity contribution in [3.05, 3.63) is 63.7 Å². The maximum atomic E-state index is 12.9. The Balaban J connectivity index is 2.10. The van der Waals surface area contributed by atoms with E-state index in [0.29, 0.717) is 25.1 Å². The predicted octanol–water partition coefficient (Wildman–Crippen LogP) is 3.04. The van der Waals surface area contributed by atoms with Crippen molar-refractivity contribution in [2.24, 2.45) is 0 Å². The Morgan fingerprint density at radius 1 is 1.13 bits per heavy atom. The second kappa shape index (κ2) is 5.66. The van der Waals surface area contributed by atoms with Gasteiger partial charge in [-0.3, -0.25) is 14.4 Å². The van der Waals surface area contributed by atoms with Crippen LogP contribution in [0.3, 0.4) is 0 Å². The normalized spacial score (nSPS) is 14.4. The summed E-state index contributed by atoms with van der Waals surface area (Å²) in [5, 5.41) is 11.0. The number of non-ortho nitro benzene ring substituents is 1. The highest BCUT2D eigenvalue weighted by Gasteiger charge is 2.30. The first-order valence-electron chi connectivity index (χ1n) is 7.26. The molecule has 0 N–H and O–H groups in total. The molecule has 0 aromatic heterocycles. The quantitative estimate of drug-likeness (QED) is 0.639. The van der Waals surface area contributed by atoms with Gasteiger partial charge in [0.15, 0.2) is 0 Å². The van der Waals surface area contributed by atoms with Crippen molar-refractivity contribution in [1.82, 2.24) is 0 Å². The van der Waals surface area contributed by atoms with E-state index in [1.165, 1.54) is 16.4 Å². The van der Waals surface area contributed by atoms with Gasteiger partial charge in [0, 0.05) is 18.7 Å². The molecule has 6 nitrogen and oxygen atoms in total. The van der Waals surface area contributed by atoms with Crippen LogP contribution in [0.1, 0.15) is 17.5 Å². The van der Waals surface area contributed by atoms with Crippen molar-refractivity contribution in [3.8, 4) is 0 Å². The summed E-state index contributed by atoms with van der Waals surface area (Å²) in [5.41, 5.74) is 2.09. The van der Waals surface area contributed by atoms with Gasteiger partial charge in [0.05, 0.1) is 15.5 Å². The Morgan fingerprint density at radius 3 is 2.48 bits per heavy atom. The van der Waals surface area contributed by atoms with Crippen LogP contribution in [0.5, 0.6) is 0 Å². The Bertz CT molecular complexity index is 860. The number of nitro benzene ring substituents is 1. The number of hydrogen-bond donors (Lipinski definition) is 0. The third-order valence-electron chi connectivity index (χ3n) is 3.96. The minimum Gasteiger partial charge on any atom is -0.266 e. The van der Waals surface area contributed by atoms with E-state index < -0.39 is 14.9 Å². The zero-order valence-electron chi connectivity index (χ0n) is 12.6. The lowest BCUT2D eigenvalue weighted by molar-refractivity contribution is -0.384. The number of aryl methyl sites for hydroxylation is 2. The summed E-state index contributed by atoms with van der Waals surface area (Å²) in [7, 11) is -3.72. The molecule has 120 valence electrons. The number of hydrogen-bond acceptors (Lipinski definition) is 4. The summed E-state index contributed by atoms with van der Waals surface area (Å²) in [6.45, 7) is 2.21. The van der Waals surface area contributed by atoms with Gasteiger partial charge in [0.25, 0.3) is 15.7 Å². The van der Waals surface area contributed by atoms with E-state index >= 15 is 0 Å². The predicted molar refractivity (Wildman–Crippen MR) is 87.1 cm³/mol. The van der Waals surface area contributed by atoms with Crippen LogP contribution in [0.4, 0.5) is 11.4 Å². The molecule has 0 spiro atoms. The molecule has 1 aliphatic heterocycles. The van der Waals surface area contributed by atoms with E-state index in [0.717, 1.165) is 11.1 Å². The van der Waals surface area contributed by atoms with Gasteiger partial charge >= 0.3 is 0 Å². The van der Waals surface area contributed by atoms with E-state index in [9.17, 15) is 18.5 Å². The van der Waals surface area contributed by atoms with Crippen LogP contribution < -0.4 is 4.31 Å². The third-order valence-corrected chi connectivity index (χ3v) is 5.79. The second-order valence-electron chi connectivity index (χ2n) is 5.56. The van der Waals surface area contributed by atoms with Crippen molar-refractivity contribution < 1.29 is 13.3 Å². The van der Waals surface area contributed by atoms with Crippen LogP contribution in [0.25, 0.3) is 0 Å². The lowest BCUT2D eigenvalue weighted by Gasteiger charge is -2.30. The summed E-state index contributed by atoms with van der Waals surface area (Å²) in [6.07, 6.45) is 1.41. The number of rotatable bonds is 3. The standard InChI is InChI=1S/C16H16N2O4S/c1-12-4-8-15(9-5-12)23(21,22)17-10-2-3-13-6-7-14(18(19)20)11-16(13)17/h4-9,11H,2-3,10H2,1H3. The van der Waals surface area contributed by atoms with Gasteiger partial charge < -0.3 is 0 Å². The number of fused-ring (bicyclic) bond motifs is 1. The molecule has 0 saturated carbocycles. The van der Waals surface area contributed by atoms with Gasteiger partial charge in [-0.15, -0.1) is 0 Å². The zero-order chi connectivity index (χ0) is 16.6. The lowest BCUT2D eigenvalue weighted by atomic mass is 10.0. The molecule has 23 heavy (non-hydrogen) atoms. The maximum absolute atomic E-state index is 12.9. The van der Waals surface area contributed by atoms with Gasteiger partial charge in [-0.25, -0.2) is 8.42 Å². The van der Waals surface area contributed by atoms with Crippen LogP contribution in [-0.2, 0) is 16.4 Å². The largest absolute Gasteiger partial charge is 0.271 e. The topological polar surface area (TPSA) is 80.5 Å². The molecule has 0 saturated heterocycles.